The van der Waals surface area contributed by atoms with E-state index in [0.717, 1.165) is 21.9 Å². The molecule has 0 atom stereocenters. The van der Waals surface area contributed by atoms with Crippen LogP contribution in [0.1, 0.15) is 0 Å². The molecule has 0 spiro atoms. The zero-order valence-electron chi connectivity index (χ0n) is 20.9. The predicted molar refractivity (Wildman–Crippen MR) is 166 cm³/mol. The maximum atomic E-state index is 6.24. The first kappa shape index (κ1) is 21.1. The molecule has 6 aromatic carbocycles. The van der Waals surface area contributed by atoms with Gasteiger partial charge in [-0.15, -0.1) is 11.3 Å². The summed E-state index contributed by atoms with van der Waals surface area (Å²) in [6.07, 6.45) is 0. The molecule has 0 aliphatic rings. The van der Waals surface area contributed by atoms with Crippen LogP contribution in [0.25, 0.3) is 80.7 Å². The first-order valence-electron chi connectivity index (χ1n) is 13.2. The Kier molecular flexibility index (Phi) is 4.24. The Morgan fingerprint density at radius 3 is 2.00 bits per heavy atom. The highest BCUT2D eigenvalue weighted by molar-refractivity contribution is 7.26. The molecule has 0 unspecified atom stereocenters. The van der Waals surface area contributed by atoms with Gasteiger partial charge in [0.15, 0.2) is 0 Å². The third-order valence-electron chi connectivity index (χ3n) is 8.01. The second-order valence-electron chi connectivity index (χ2n) is 10.1. The minimum atomic E-state index is 0.929. The molecule has 2 nitrogen and oxygen atoms in total. The number of aromatic nitrogens is 1. The van der Waals surface area contributed by atoms with Crippen LogP contribution in [-0.2, 0) is 0 Å². The third kappa shape index (κ3) is 2.91. The van der Waals surface area contributed by atoms with Crippen molar-refractivity contribution in [2.45, 2.75) is 0 Å². The summed E-state index contributed by atoms with van der Waals surface area (Å²) in [6, 6.07) is 45.8. The molecule has 9 aromatic rings. The molecular formula is C36H21NOS. The van der Waals surface area contributed by atoms with Gasteiger partial charge in [-0.2, -0.15) is 0 Å². The van der Waals surface area contributed by atoms with Crippen molar-refractivity contribution in [3.05, 3.63) is 127 Å². The lowest BCUT2D eigenvalue weighted by atomic mass is 10.0. The molecule has 182 valence electrons. The van der Waals surface area contributed by atoms with E-state index in [1.165, 1.54) is 58.8 Å². The van der Waals surface area contributed by atoms with Gasteiger partial charge in [-0.25, -0.2) is 0 Å². The molecule has 3 heteroatoms. The highest BCUT2D eigenvalue weighted by atomic mass is 32.1. The average Bonchev–Trinajstić information content (AvgIpc) is 3.66. The van der Waals surface area contributed by atoms with Crippen LogP contribution in [0, 0.1) is 0 Å². The number of thiophene rings is 1. The van der Waals surface area contributed by atoms with Crippen molar-refractivity contribution in [3.63, 3.8) is 0 Å². The van der Waals surface area contributed by atoms with Crippen LogP contribution in [0.4, 0.5) is 0 Å². The van der Waals surface area contributed by atoms with Gasteiger partial charge in [0.1, 0.15) is 11.2 Å². The topological polar surface area (TPSA) is 18.1 Å². The Morgan fingerprint density at radius 1 is 0.513 bits per heavy atom. The van der Waals surface area contributed by atoms with E-state index < -0.39 is 0 Å². The van der Waals surface area contributed by atoms with E-state index in [2.05, 4.69) is 120 Å². The molecule has 3 heterocycles. The van der Waals surface area contributed by atoms with Crippen LogP contribution in [-0.4, -0.2) is 4.57 Å². The molecule has 0 saturated heterocycles. The van der Waals surface area contributed by atoms with E-state index >= 15 is 0 Å². The van der Waals surface area contributed by atoms with E-state index in [1.807, 2.05) is 23.5 Å². The van der Waals surface area contributed by atoms with Gasteiger partial charge >= 0.3 is 0 Å². The predicted octanol–water partition coefficient (Wildman–Crippen LogP) is 10.7. The summed E-state index contributed by atoms with van der Waals surface area (Å²) < 4.78 is 11.3. The number of hydrogen-bond acceptors (Lipinski definition) is 2. The smallest absolute Gasteiger partial charge is 0.136 e. The molecule has 3 aromatic heterocycles. The van der Waals surface area contributed by atoms with Crippen LogP contribution in [0.15, 0.2) is 132 Å². The first-order valence-corrected chi connectivity index (χ1v) is 14.0. The van der Waals surface area contributed by atoms with Crippen molar-refractivity contribution in [1.29, 1.82) is 0 Å². The first-order chi connectivity index (χ1) is 19.3. The Balaban J connectivity index is 1.33. The number of nitrogens with zero attached hydrogens (tertiary/aromatic N) is 1. The molecule has 0 radical (unpaired) electrons. The lowest BCUT2D eigenvalue weighted by molar-refractivity contribution is 0.669. The summed E-state index contributed by atoms with van der Waals surface area (Å²) in [6.45, 7) is 0. The zero-order chi connectivity index (χ0) is 25.5. The van der Waals surface area contributed by atoms with Crippen LogP contribution in [0.2, 0.25) is 0 Å². The molecule has 0 N–H and O–H groups in total. The number of benzene rings is 6. The largest absolute Gasteiger partial charge is 0.456 e. The van der Waals surface area contributed by atoms with E-state index in [1.54, 1.807) is 0 Å². The van der Waals surface area contributed by atoms with Crippen molar-refractivity contribution in [2.75, 3.05) is 0 Å². The van der Waals surface area contributed by atoms with E-state index in [4.69, 9.17) is 4.42 Å². The zero-order valence-corrected chi connectivity index (χ0v) is 21.7. The minimum Gasteiger partial charge on any atom is -0.456 e. The van der Waals surface area contributed by atoms with Crippen LogP contribution >= 0.6 is 11.3 Å². The maximum absolute atomic E-state index is 6.24. The molecule has 0 bridgehead atoms. The monoisotopic (exact) mass is 515 g/mol. The number of rotatable bonds is 2. The molecule has 0 amide bonds. The summed E-state index contributed by atoms with van der Waals surface area (Å²) in [5, 5.41) is 7.47. The normalized spacial score (nSPS) is 12.1. The Morgan fingerprint density at radius 2 is 1.18 bits per heavy atom. The molecule has 9 rings (SSSR count). The number of para-hydroxylation sites is 3. The lowest BCUT2D eigenvalue weighted by Crippen LogP contribution is -1.94. The fourth-order valence-corrected chi connectivity index (χ4v) is 7.58. The van der Waals surface area contributed by atoms with Gasteiger partial charge in [-0.3, -0.25) is 0 Å². The van der Waals surface area contributed by atoms with Crippen molar-refractivity contribution in [1.82, 2.24) is 4.57 Å². The SMILES string of the molecule is c1ccc2c(c1)oc1cc(-c3cccc4c3sc3cccc(-n5c6ccccc6c6ccccc65)c34)ccc12. The fraction of sp³-hybridized carbons (Fsp3) is 0. The van der Waals surface area contributed by atoms with Gasteiger partial charge in [-0.05, 0) is 53.6 Å². The lowest BCUT2D eigenvalue weighted by Gasteiger charge is -2.10. The maximum Gasteiger partial charge on any atom is 0.136 e. The number of hydrogen-bond donors (Lipinski definition) is 0. The quantitative estimate of drug-likeness (QED) is 0.224. The molecule has 0 aliphatic heterocycles. The molecular weight excluding hydrogens is 494 g/mol. The van der Waals surface area contributed by atoms with Crippen LogP contribution < -0.4 is 0 Å². The highest BCUT2D eigenvalue weighted by Crippen LogP contribution is 2.44. The fourth-order valence-electron chi connectivity index (χ4n) is 6.32. The second kappa shape index (κ2) is 7.83. The standard InChI is InChI=1S/C36H21NOS/c1-4-14-29-24(9-1)25-10-2-5-15-30(25)37(29)31-16-8-18-34-35(31)28-13-7-12-23(36(28)39-34)22-19-20-27-26-11-3-6-17-32(26)38-33(27)21-22/h1-21H. The van der Waals surface area contributed by atoms with Crippen molar-refractivity contribution >= 4 is 75.3 Å². The summed E-state index contributed by atoms with van der Waals surface area (Å²) in [5.74, 6) is 0. The van der Waals surface area contributed by atoms with Gasteiger partial charge in [-0.1, -0.05) is 84.9 Å². The van der Waals surface area contributed by atoms with E-state index in [0.29, 0.717) is 0 Å². The van der Waals surface area contributed by atoms with Crippen molar-refractivity contribution in [3.8, 4) is 16.8 Å². The number of fused-ring (bicyclic) bond motifs is 9. The van der Waals surface area contributed by atoms with Crippen LogP contribution in [0.3, 0.4) is 0 Å². The van der Waals surface area contributed by atoms with E-state index in [9.17, 15) is 0 Å². The molecule has 0 fully saturated rings. The average molecular weight is 516 g/mol. The highest BCUT2D eigenvalue weighted by Gasteiger charge is 2.18. The van der Waals surface area contributed by atoms with Gasteiger partial charge < -0.3 is 8.98 Å². The van der Waals surface area contributed by atoms with Gasteiger partial charge in [0.2, 0.25) is 0 Å². The summed E-state index contributed by atoms with van der Waals surface area (Å²) in [4.78, 5) is 0. The third-order valence-corrected chi connectivity index (χ3v) is 9.22. The van der Waals surface area contributed by atoms with E-state index in [-0.39, 0.29) is 0 Å². The van der Waals surface area contributed by atoms with Gasteiger partial charge in [0, 0.05) is 41.7 Å². The summed E-state index contributed by atoms with van der Waals surface area (Å²) >= 11 is 1.87. The summed E-state index contributed by atoms with van der Waals surface area (Å²) in [7, 11) is 0. The Hall–Kier alpha value is -4.86. The minimum absolute atomic E-state index is 0.929. The molecule has 0 saturated carbocycles. The van der Waals surface area contributed by atoms with Crippen molar-refractivity contribution in [2.24, 2.45) is 0 Å². The Bertz CT molecular complexity index is 2350. The van der Waals surface area contributed by atoms with Gasteiger partial charge in [0.25, 0.3) is 0 Å². The van der Waals surface area contributed by atoms with Gasteiger partial charge in [0.05, 0.1) is 16.7 Å². The second-order valence-corrected chi connectivity index (χ2v) is 11.2. The number of furan rings is 1. The summed E-state index contributed by atoms with van der Waals surface area (Å²) in [5.41, 5.74) is 7.97. The molecule has 39 heavy (non-hydrogen) atoms. The van der Waals surface area contributed by atoms with Crippen LogP contribution in [0.5, 0.6) is 0 Å². The van der Waals surface area contributed by atoms with Crippen molar-refractivity contribution < 1.29 is 4.42 Å². The Labute approximate surface area is 227 Å². The molecule has 0 aliphatic carbocycles.